The van der Waals surface area contributed by atoms with Crippen molar-refractivity contribution < 1.29 is 14.3 Å². The maximum Gasteiger partial charge on any atom is 0.338 e. The molecule has 0 heterocycles. The number of rotatable bonds is 6. The number of carbonyl (C=O) groups is 2. The topological polar surface area (TPSA) is 55.4 Å². The fourth-order valence-electron chi connectivity index (χ4n) is 2.08. The zero-order valence-electron chi connectivity index (χ0n) is 12.8. The van der Waals surface area contributed by atoms with Gasteiger partial charge in [0.1, 0.15) is 0 Å². The lowest BCUT2D eigenvalue weighted by atomic mass is 10.1. The first-order valence-corrected chi connectivity index (χ1v) is 7.78. The van der Waals surface area contributed by atoms with Crippen molar-refractivity contribution in [1.82, 2.24) is 0 Å². The second-order valence-corrected chi connectivity index (χ2v) is 5.34. The number of aryl methyl sites for hydroxylation is 1. The van der Waals surface area contributed by atoms with Crippen LogP contribution in [0.2, 0.25) is 5.02 Å². The van der Waals surface area contributed by atoms with Gasteiger partial charge < -0.3 is 10.1 Å². The van der Waals surface area contributed by atoms with Gasteiger partial charge in [-0.1, -0.05) is 29.8 Å². The molecule has 0 aliphatic carbocycles. The van der Waals surface area contributed by atoms with Crippen molar-refractivity contribution in [3.05, 3.63) is 64.7 Å². The summed E-state index contributed by atoms with van der Waals surface area (Å²) in [5.74, 6) is -0.474. The van der Waals surface area contributed by atoms with Gasteiger partial charge in [0, 0.05) is 17.1 Å². The summed E-state index contributed by atoms with van der Waals surface area (Å²) in [6.45, 7) is 2.09. The minimum absolute atomic E-state index is 0.103. The Labute approximate surface area is 140 Å². The number of carbonyl (C=O) groups excluding carboxylic acids is 2. The number of amides is 1. The van der Waals surface area contributed by atoms with E-state index in [1.165, 1.54) is 0 Å². The predicted molar refractivity (Wildman–Crippen MR) is 90.8 cm³/mol. The maximum atomic E-state index is 12.0. The Bertz CT molecular complexity index is 683. The van der Waals surface area contributed by atoms with Gasteiger partial charge in [-0.15, -0.1) is 0 Å². The molecule has 1 N–H and O–H groups in total. The summed E-state index contributed by atoms with van der Waals surface area (Å²) in [4.78, 5) is 23.5. The number of halogens is 1. The van der Waals surface area contributed by atoms with Crippen molar-refractivity contribution in [2.45, 2.75) is 19.8 Å². The van der Waals surface area contributed by atoms with E-state index in [9.17, 15) is 9.59 Å². The first kappa shape index (κ1) is 17.0. The summed E-state index contributed by atoms with van der Waals surface area (Å²) in [6.07, 6.45) is 0.912. The zero-order valence-corrected chi connectivity index (χ0v) is 13.6. The number of hydrogen-bond donors (Lipinski definition) is 1. The second-order valence-electron chi connectivity index (χ2n) is 4.94. The highest BCUT2D eigenvalue weighted by Gasteiger charge is 2.08. The minimum atomic E-state index is -0.371. The quantitative estimate of drug-likeness (QED) is 0.811. The van der Waals surface area contributed by atoms with Gasteiger partial charge in [-0.2, -0.15) is 0 Å². The van der Waals surface area contributed by atoms with Crippen molar-refractivity contribution in [2.75, 3.05) is 11.9 Å². The molecule has 5 heteroatoms. The predicted octanol–water partition coefficient (Wildman–Crippen LogP) is 4.09. The Morgan fingerprint density at radius 1 is 1.09 bits per heavy atom. The molecule has 0 aliphatic rings. The monoisotopic (exact) mass is 331 g/mol. The van der Waals surface area contributed by atoms with Crippen molar-refractivity contribution in [2.24, 2.45) is 0 Å². The van der Waals surface area contributed by atoms with Crippen LogP contribution < -0.4 is 5.32 Å². The van der Waals surface area contributed by atoms with Gasteiger partial charge >= 0.3 is 5.97 Å². The molecular formula is C18H18ClNO3. The van der Waals surface area contributed by atoms with E-state index in [0.717, 1.165) is 5.56 Å². The van der Waals surface area contributed by atoms with E-state index in [1.54, 1.807) is 31.2 Å². The van der Waals surface area contributed by atoms with E-state index in [0.29, 0.717) is 35.7 Å². The molecule has 0 aliphatic heterocycles. The molecule has 4 nitrogen and oxygen atoms in total. The minimum Gasteiger partial charge on any atom is -0.462 e. The molecule has 2 aromatic rings. The van der Waals surface area contributed by atoms with Gasteiger partial charge in [-0.3, -0.25) is 4.79 Å². The summed E-state index contributed by atoms with van der Waals surface area (Å²) in [5.41, 5.74) is 2.05. The van der Waals surface area contributed by atoms with Gasteiger partial charge in [-0.05, 0) is 49.2 Å². The molecule has 23 heavy (non-hydrogen) atoms. The van der Waals surface area contributed by atoms with Crippen molar-refractivity contribution in [3.63, 3.8) is 0 Å². The van der Waals surface area contributed by atoms with E-state index in [-0.39, 0.29) is 11.9 Å². The van der Waals surface area contributed by atoms with Gasteiger partial charge in [-0.25, -0.2) is 4.79 Å². The highest BCUT2D eigenvalue weighted by atomic mass is 35.5. The summed E-state index contributed by atoms with van der Waals surface area (Å²) in [7, 11) is 0. The second kappa shape index (κ2) is 8.34. The molecule has 1 amide bonds. The Morgan fingerprint density at radius 3 is 2.43 bits per heavy atom. The molecule has 2 aromatic carbocycles. The van der Waals surface area contributed by atoms with Crippen LogP contribution in [-0.2, 0) is 16.0 Å². The maximum absolute atomic E-state index is 12.0. The largest absolute Gasteiger partial charge is 0.462 e. The van der Waals surface area contributed by atoms with Crippen LogP contribution in [-0.4, -0.2) is 18.5 Å². The molecule has 2 rings (SSSR count). The smallest absolute Gasteiger partial charge is 0.338 e. The Kier molecular flexibility index (Phi) is 6.18. The standard InChI is InChI=1S/C18H18ClNO3/c1-2-23-18(22)14-7-10-15(11-8-14)20-17(21)12-9-13-5-3-4-6-16(13)19/h3-8,10-11H,2,9,12H2,1H3,(H,20,21). The molecule has 0 radical (unpaired) electrons. The normalized spacial score (nSPS) is 10.2. The average molecular weight is 332 g/mol. The zero-order chi connectivity index (χ0) is 16.7. The van der Waals surface area contributed by atoms with Gasteiger partial charge in [0.05, 0.1) is 12.2 Å². The fraction of sp³-hybridized carbons (Fsp3) is 0.222. The molecule has 0 fully saturated rings. The van der Waals surface area contributed by atoms with E-state index < -0.39 is 0 Å². The van der Waals surface area contributed by atoms with Crippen LogP contribution >= 0.6 is 11.6 Å². The molecule has 0 atom stereocenters. The first-order chi connectivity index (χ1) is 11.1. The van der Waals surface area contributed by atoms with Crippen LogP contribution in [0.3, 0.4) is 0 Å². The molecule has 0 aromatic heterocycles. The number of esters is 1. The SMILES string of the molecule is CCOC(=O)c1ccc(NC(=O)CCc2ccccc2Cl)cc1. The molecular weight excluding hydrogens is 314 g/mol. The van der Waals surface area contributed by atoms with E-state index >= 15 is 0 Å². The number of hydrogen-bond acceptors (Lipinski definition) is 3. The molecule has 0 unspecified atom stereocenters. The van der Waals surface area contributed by atoms with Crippen molar-refractivity contribution in [1.29, 1.82) is 0 Å². The molecule has 0 bridgehead atoms. The molecule has 0 saturated heterocycles. The van der Waals surface area contributed by atoms with E-state index in [1.807, 2.05) is 24.3 Å². The number of nitrogens with one attached hydrogen (secondary N) is 1. The molecule has 120 valence electrons. The van der Waals surface area contributed by atoms with Crippen LogP contribution in [0.4, 0.5) is 5.69 Å². The van der Waals surface area contributed by atoms with Crippen LogP contribution in [0.5, 0.6) is 0 Å². The highest BCUT2D eigenvalue weighted by Crippen LogP contribution is 2.17. The number of benzene rings is 2. The van der Waals surface area contributed by atoms with Gasteiger partial charge in [0.15, 0.2) is 0 Å². The number of ether oxygens (including phenoxy) is 1. The lowest BCUT2D eigenvalue weighted by Gasteiger charge is -2.07. The summed E-state index contributed by atoms with van der Waals surface area (Å²) in [5, 5.41) is 3.46. The van der Waals surface area contributed by atoms with Crippen LogP contribution in [0.15, 0.2) is 48.5 Å². The van der Waals surface area contributed by atoms with Crippen LogP contribution in [0.1, 0.15) is 29.3 Å². The van der Waals surface area contributed by atoms with Gasteiger partial charge in [0.25, 0.3) is 0 Å². The van der Waals surface area contributed by atoms with Crippen LogP contribution in [0.25, 0.3) is 0 Å². The summed E-state index contributed by atoms with van der Waals surface area (Å²) < 4.78 is 4.91. The Morgan fingerprint density at radius 2 is 1.78 bits per heavy atom. The van der Waals surface area contributed by atoms with E-state index in [4.69, 9.17) is 16.3 Å². The Balaban J connectivity index is 1.88. The fourth-order valence-corrected chi connectivity index (χ4v) is 2.31. The summed E-state index contributed by atoms with van der Waals surface area (Å²) >= 11 is 6.07. The third-order valence-corrected chi connectivity index (χ3v) is 3.63. The van der Waals surface area contributed by atoms with Gasteiger partial charge in [0.2, 0.25) is 5.91 Å². The van der Waals surface area contributed by atoms with Crippen molar-refractivity contribution in [3.8, 4) is 0 Å². The third kappa shape index (κ3) is 5.11. The van der Waals surface area contributed by atoms with Crippen LogP contribution in [0, 0.1) is 0 Å². The third-order valence-electron chi connectivity index (χ3n) is 3.26. The molecule has 0 saturated carbocycles. The molecule has 0 spiro atoms. The van der Waals surface area contributed by atoms with Crippen molar-refractivity contribution >= 4 is 29.2 Å². The Hall–Kier alpha value is -2.33. The van der Waals surface area contributed by atoms with E-state index in [2.05, 4.69) is 5.32 Å². The average Bonchev–Trinajstić information content (AvgIpc) is 2.55. The first-order valence-electron chi connectivity index (χ1n) is 7.40. The lowest BCUT2D eigenvalue weighted by molar-refractivity contribution is -0.116. The summed E-state index contributed by atoms with van der Waals surface area (Å²) in [6, 6.07) is 14.1. The highest BCUT2D eigenvalue weighted by molar-refractivity contribution is 6.31. The number of anilines is 1. The lowest BCUT2D eigenvalue weighted by Crippen LogP contribution is -2.12.